The van der Waals surface area contributed by atoms with Gasteiger partial charge in [0, 0.05) is 37.3 Å². The van der Waals surface area contributed by atoms with Gasteiger partial charge in [-0.25, -0.2) is 5.48 Å². The Balaban J connectivity index is 1.56. The van der Waals surface area contributed by atoms with Crippen LogP contribution in [0.1, 0.15) is 59.4 Å². The molecule has 0 radical (unpaired) electrons. The number of aliphatic hydroxyl groups is 1. The van der Waals surface area contributed by atoms with E-state index in [0.29, 0.717) is 36.3 Å². The molecule has 178 valence electrons. The van der Waals surface area contributed by atoms with Crippen LogP contribution in [0.4, 0.5) is 0 Å². The first-order valence-corrected chi connectivity index (χ1v) is 11.4. The normalized spacial score (nSPS) is 11.1. The zero-order valence-corrected chi connectivity index (χ0v) is 19.0. The third-order valence-corrected chi connectivity index (χ3v) is 5.59. The maximum atomic E-state index is 12.4. The summed E-state index contributed by atoms with van der Waals surface area (Å²) in [7, 11) is 0. The van der Waals surface area contributed by atoms with Crippen LogP contribution in [0.5, 0.6) is 0 Å². The van der Waals surface area contributed by atoms with Crippen LogP contribution >= 0.6 is 0 Å². The zero-order chi connectivity index (χ0) is 24.2. The smallest absolute Gasteiger partial charge is 0.251 e. The lowest BCUT2D eigenvalue weighted by atomic mass is 9.87. The average Bonchev–Trinajstić information content (AvgIpc) is 2.89. The Morgan fingerprint density at radius 3 is 2.00 bits per heavy atom. The lowest BCUT2D eigenvalue weighted by Crippen LogP contribution is -2.32. The summed E-state index contributed by atoms with van der Waals surface area (Å²) < 4.78 is 0. The number of carbonyl (C=O) groups is 2. The van der Waals surface area contributed by atoms with Crippen molar-refractivity contribution in [2.45, 2.75) is 44.1 Å². The molecular weight excluding hydrogens is 432 g/mol. The minimum Gasteiger partial charge on any atom is -0.377 e. The van der Waals surface area contributed by atoms with Gasteiger partial charge in [0.2, 0.25) is 5.91 Å². The van der Waals surface area contributed by atoms with Gasteiger partial charge in [0.05, 0.1) is 11.4 Å². The van der Waals surface area contributed by atoms with Gasteiger partial charge in [-0.2, -0.15) is 0 Å². The number of amides is 2. The van der Waals surface area contributed by atoms with Crippen molar-refractivity contribution in [3.8, 4) is 0 Å². The van der Waals surface area contributed by atoms with Crippen molar-refractivity contribution in [3.63, 3.8) is 0 Å². The van der Waals surface area contributed by atoms with Crippen LogP contribution in [0.25, 0.3) is 0 Å². The summed E-state index contributed by atoms with van der Waals surface area (Å²) in [6.07, 6.45) is 7.09. The van der Waals surface area contributed by atoms with Gasteiger partial charge in [0.15, 0.2) is 5.60 Å². The first kappa shape index (κ1) is 25.0. The monoisotopic (exact) mass is 462 g/mol. The van der Waals surface area contributed by atoms with E-state index in [1.54, 1.807) is 54.3 Å². The number of hydrogen-bond donors (Lipinski definition) is 4. The molecular formula is C26H30N4O4. The highest BCUT2D eigenvalue weighted by molar-refractivity contribution is 5.94. The van der Waals surface area contributed by atoms with Crippen molar-refractivity contribution >= 4 is 11.8 Å². The molecule has 8 nitrogen and oxygen atoms in total. The summed E-state index contributed by atoms with van der Waals surface area (Å²) in [6.45, 7) is 0.548. The standard InChI is InChI=1S/C26H30N4O4/c31-24(30-34)11-3-1-2-6-18-29-25(32)21-14-12-20(13-15-21)19-26(33,22-9-4-7-16-27-22)23-10-5-8-17-28-23/h4-5,7-10,12-17,33-34H,1-3,6,11,18-19H2,(H,29,32)(H,30,31). The van der Waals surface area contributed by atoms with Crippen molar-refractivity contribution in [1.29, 1.82) is 0 Å². The molecule has 0 aliphatic heterocycles. The second-order valence-corrected chi connectivity index (χ2v) is 8.12. The second-order valence-electron chi connectivity index (χ2n) is 8.12. The van der Waals surface area contributed by atoms with E-state index in [1.807, 2.05) is 24.3 Å². The molecule has 3 aromatic rings. The Labute approximate surface area is 199 Å². The highest BCUT2D eigenvalue weighted by atomic mass is 16.5. The molecule has 2 amide bonds. The molecule has 0 saturated heterocycles. The maximum Gasteiger partial charge on any atom is 0.251 e. The van der Waals surface area contributed by atoms with Crippen LogP contribution in [0.3, 0.4) is 0 Å². The van der Waals surface area contributed by atoms with E-state index in [2.05, 4.69) is 15.3 Å². The van der Waals surface area contributed by atoms with E-state index in [-0.39, 0.29) is 18.2 Å². The summed E-state index contributed by atoms with van der Waals surface area (Å²) >= 11 is 0. The summed E-state index contributed by atoms with van der Waals surface area (Å²) in [5.41, 5.74) is 2.63. The fraction of sp³-hybridized carbons (Fsp3) is 0.308. The molecule has 0 unspecified atom stereocenters. The number of unbranched alkanes of at least 4 members (excludes halogenated alkanes) is 3. The SMILES string of the molecule is O=C(CCCCCCNC(=O)c1ccc(CC(O)(c2ccccn2)c2ccccn2)cc1)NO. The molecule has 2 aromatic heterocycles. The van der Waals surface area contributed by atoms with Gasteiger partial charge < -0.3 is 10.4 Å². The van der Waals surface area contributed by atoms with Crippen LogP contribution in [0, 0.1) is 0 Å². The lowest BCUT2D eigenvalue weighted by molar-refractivity contribution is -0.129. The molecule has 0 saturated carbocycles. The van der Waals surface area contributed by atoms with Crippen molar-refractivity contribution < 1.29 is 19.9 Å². The van der Waals surface area contributed by atoms with Gasteiger partial charge in [-0.15, -0.1) is 0 Å². The van der Waals surface area contributed by atoms with Crippen LogP contribution in [0.15, 0.2) is 73.1 Å². The molecule has 3 rings (SSSR count). The number of hydrogen-bond acceptors (Lipinski definition) is 6. The molecule has 0 aliphatic rings. The van der Waals surface area contributed by atoms with E-state index in [4.69, 9.17) is 5.21 Å². The number of nitrogens with zero attached hydrogens (tertiary/aromatic N) is 2. The Hall–Kier alpha value is -3.62. The Kier molecular flexibility index (Phi) is 9.25. The Morgan fingerprint density at radius 1 is 0.824 bits per heavy atom. The van der Waals surface area contributed by atoms with E-state index < -0.39 is 5.60 Å². The highest BCUT2D eigenvalue weighted by Gasteiger charge is 2.34. The third kappa shape index (κ3) is 6.94. The molecule has 0 aliphatic carbocycles. The van der Waals surface area contributed by atoms with Crippen LogP contribution < -0.4 is 10.8 Å². The number of hydroxylamine groups is 1. The summed E-state index contributed by atoms with van der Waals surface area (Å²) in [6, 6.07) is 18.0. The van der Waals surface area contributed by atoms with Crippen LogP contribution in [-0.4, -0.2) is 38.6 Å². The van der Waals surface area contributed by atoms with Crippen LogP contribution in [0.2, 0.25) is 0 Å². The number of rotatable bonds is 12. The predicted octanol–water partition coefficient (Wildman–Crippen LogP) is 3.14. The quantitative estimate of drug-likeness (QED) is 0.186. The largest absolute Gasteiger partial charge is 0.377 e. The van der Waals surface area contributed by atoms with Gasteiger partial charge in [0.1, 0.15) is 0 Å². The topological polar surface area (TPSA) is 124 Å². The van der Waals surface area contributed by atoms with Crippen molar-refractivity contribution in [2.24, 2.45) is 0 Å². The van der Waals surface area contributed by atoms with Gasteiger partial charge in [-0.3, -0.25) is 24.8 Å². The number of carbonyl (C=O) groups excluding carboxylic acids is 2. The number of nitrogens with one attached hydrogen (secondary N) is 2. The molecule has 1 aromatic carbocycles. The van der Waals surface area contributed by atoms with Gasteiger partial charge in [0.25, 0.3) is 5.91 Å². The second kappa shape index (κ2) is 12.6. The molecule has 2 heterocycles. The van der Waals surface area contributed by atoms with Crippen molar-refractivity contribution in [1.82, 2.24) is 20.8 Å². The van der Waals surface area contributed by atoms with Gasteiger partial charge >= 0.3 is 0 Å². The van der Waals surface area contributed by atoms with Gasteiger partial charge in [-0.1, -0.05) is 37.1 Å². The average molecular weight is 463 g/mol. The molecule has 0 fully saturated rings. The molecule has 34 heavy (non-hydrogen) atoms. The summed E-state index contributed by atoms with van der Waals surface area (Å²) in [4.78, 5) is 32.1. The van der Waals surface area contributed by atoms with E-state index >= 15 is 0 Å². The third-order valence-electron chi connectivity index (χ3n) is 5.59. The van der Waals surface area contributed by atoms with Crippen LogP contribution in [-0.2, 0) is 16.8 Å². The summed E-state index contributed by atoms with van der Waals surface area (Å²) in [5.74, 6) is -0.536. The fourth-order valence-corrected chi connectivity index (χ4v) is 3.72. The fourth-order valence-electron chi connectivity index (χ4n) is 3.72. The first-order valence-electron chi connectivity index (χ1n) is 11.4. The first-order chi connectivity index (χ1) is 16.5. The number of pyridine rings is 2. The molecule has 0 bridgehead atoms. The zero-order valence-electron chi connectivity index (χ0n) is 19.0. The minimum absolute atomic E-state index is 0.157. The van der Waals surface area contributed by atoms with Gasteiger partial charge in [-0.05, 0) is 54.8 Å². The van der Waals surface area contributed by atoms with E-state index in [9.17, 15) is 14.7 Å². The summed E-state index contributed by atoms with van der Waals surface area (Å²) in [5, 5.41) is 23.0. The molecule has 0 atom stereocenters. The molecule has 8 heteroatoms. The predicted molar refractivity (Wildman–Crippen MR) is 127 cm³/mol. The maximum absolute atomic E-state index is 12.4. The minimum atomic E-state index is -1.40. The van der Waals surface area contributed by atoms with E-state index in [0.717, 1.165) is 24.8 Å². The number of benzene rings is 1. The molecule has 4 N–H and O–H groups in total. The van der Waals surface area contributed by atoms with Crippen molar-refractivity contribution in [2.75, 3.05) is 6.54 Å². The number of aromatic nitrogens is 2. The Bertz CT molecular complexity index is 1000. The highest BCUT2D eigenvalue weighted by Crippen LogP contribution is 2.30. The van der Waals surface area contributed by atoms with Crippen molar-refractivity contribution in [3.05, 3.63) is 95.6 Å². The Morgan fingerprint density at radius 2 is 1.44 bits per heavy atom. The lowest BCUT2D eigenvalue weighted by Gasteiger charge is -2.27. The molecule has 0 spiro atoms. The van der Waals surface area contributed by atoms with E-state index in [1.165, 1.54) is 0 Å².